The van der Waals surface area contributed by atoms with E-state index in [2.05, 4.69) is 59.2 Å². The summed E-state index contributed by atoms with van der Waals surface area (Å²) in [5.74, 6) is -0.0579. The van der Waals surface area contributed by atoms with Crippen LogP contribution in [0.2, 0.25) is 0 Å². The third-order valence-corrected chi connectivity index (χ3v) is 8.17. The van der Waals surface area contributed by atoms with E-state index < -0.39 is 5.95 Å². The van der Waals surface area contributed by atoms with Crippen molar-refractivity contribution in [3.8, 4) is 24.0 Å². The van der Waals surface area contributed by atoms with Gasteiger partial charge in [0, 0.05) is 48.0 Å². The van der Waals surface area contributed by atoms with Crippen molar-refractivity contribution < 1.29 is 8.78 Å². The first kappa shape index (κ1) is 38.8. The number of likely N-dealkylation sites (N-methyl/N-ethyl adjacent to an activating group) is 1. The Hall–Kier alpha value is -4.34. The second-order valence-electron chi connectivity index (χ2n) is 11.8. The molecule has 3 aromatic rings. The average molecular weight is 639 g/mol. The first-order valence-corrected chi connectivity index (χ1v) is 16.4. The summed E-state index contributed by atoms with van der Waals surface area (Å²) in [5, 5.41) is 0. The molecule has 4 nitrogen and oxygen atoms in total. The van der Waals surface area contributed by atoms with E-state index >= 15 is 0 Å². The predicted octanol–water partition coefficient (Wildman–Crippen LogP) is 10.0. The number of piperidine rings is 1. The lowest BCUT2D eigenvalue weighted by molar-refractivity contribution is 0.253. The first-order chi connectivity index (χ1) is 22.6. The molecule has 0 saturated carbocycles. The lowest BCUT2D eigenvalue weighted by atomic mass is 9.89. The van der Waals surface area contributed by atoms with Crippen molar-refractivity contribution in [1.29, 1.82) is 0 Å². The van der Waals surface area contributed by atoms with Crippen molar-refractivity contribution in [2.24, 2.45) is 4.99 Å². The fraction of sp³-hybridized carbons (Fsp3) is 0.366. The number of aryl methyl sites for hydroxylation is 2. The lowest BCUT2D eigenvalue weighted by Crippen LogP contribution is -2.29. The van der Waals surface area contributed by atoms with Crippen LogP contribution >= 0.6 is 0 Å². The number of rotatable bonds is 5. The SMILES string of the molecule is C#C.C=C1C(c2ccc(-c3cccnc3F)cc2C)=C/C(=C/N=C(C)C)CN1CC.CC.Cc1ccc(C2CCN(C)CC2)c(F)c1. The number of likely N-dealkylation sites (tertiary alicyclic amines) is 1. The van der Waals surface area contributed by atoms with Crippen molar-refractivity contribution in [2.75, 3.05) is 33.2 Å². The van der Waals surface area contributed by atoms with E-state index in [0.29, 0.717) is 11.5 Å². The Morgan fingerprint density at radius 1 is 1.02 bits per heavy atom. The number of allylic oxidation sites excluding steroid dienone is 1. The molecule has 0 atom stereocenters. The van der Waals surface area contributed by atoms with Gasteiger partial charge in [0.25, 0.3) is 0 Å². The molecule has 0 unspecified atom stereocenters. The van der Waals surface area contributed by atoms with E-state index in [4.69, 9.17) is 0 Å². The highest BCUT2D eigenvalue weighted by atomic mass is 19.1. The summed E-state index contributed by atoms with van der Waals surface area (Å²) >= 11 is 0. The molecule has 3 heterocycles. The van der Waals surface area contributed by atoms with Crippen LogP contribution in [0.15, 0.2) is 89.8 Å². The fourth-order valence-electron chi connectivity index (χ4n) is 5.64. The zero-order valence-electron chi connectivity index (χ0n) is 29.6. The zero-order valence-corrected chi connectivity index (χ0v) is 29.6. The van der Waals surface area contributed by atoms with E-state index in [1.165, 1.54) is 6.20 Å². The van der Waals surface area contributed by atoms with Gasteiger partial charge in [0.1, 0.15) is 5.82 Å². The van der Waals surface area contributed by atoms with Crippen LogP contribution < -0.4 is 0 Å². The Kier molecular flexibility index (Phi) is 16.0. The van der Waals surface area contributed by atoms with Gasteiger partial charge in [0.05, 0.1) is 0 Å². The van der Waals surface area contributed by atoms with Crippen LogP contribution in [-0.2, 0) is 0 Å². The van der Waals surface area contributed by atoms with Crippen molar-refractivity contribution in [2.45, 2.75) is 67.2 Å². The van der Waals surface area contributed by atoms with Gasteiger partial charge in [-0.1, -0.05) is 50.8 Å². The van der Waals surface area contributed by atoms with Gasteiger partial charge >= 0.3 is 0 Å². The molecule has 6 heteroatoms. The Morgan fingerprint density at radius 2 is 1.70 bits per heavy atom. The molecule has 1 saturated heterocycles. The Bertz CT molecular complexity index is 1590. The van der Waals surface area contributed by atoms with Crippen LogP contribution in [-0.4, -0.2) is 53.7 Å². The third kappa shape index (κ3) is 10.9. The summed E-state index contributed by atoms with van der Waals surface area (Å²) in [7, 11) is 2.13. The van der Waals surface area contributed by atoms with Gasteiger partial charge in [-0.25, -0.2) is 9.37 Å². The largest absolute Gasteiger partial charge is 0.367 e. The number of halogens is 2. The Labute approximate surface area is 282 Å². The number of hydrogen-bond donors (Lipinski definition) is 0. The molecule has 0 aliphatic carbocycles. The molecular weight excluding hydrogens is 586 g/mol. The maximum Gasteiger partial charge on any atom is 0.220 e. The van der Waals surface area contributed by atoms with Crippen molar-refractivity contribution >= 4 is 11.3 Å². The normalized spacial score (nSPS) is 15.7. The van der Waals surface area contributed by atoms with Crippen LogP contribution in [0, 0.1) is 38.5 Å². The van der Waals surface area contributed by atoms with Gasteiger partial charge in [0.15, 0.2) is 0 Å². The maximum atomic E-state index is 14.1. The second-order valence-corrected chi connectivity index (χ2v) is 11.8. The lowest BCUT2D eigenvalue weighted by Gasteiger charge is -2.32. The van der Waals surface area contributed by atoms with Crippen LogP contribution in [0.3, 0.4) is 0 Å². The minimum atomic E-state index is -0.453. The van der Waals surface area contributed by atoms with Gasteiger partial charge in [-0.2, -0.15) is 4.39 Å². The highest BCUT2D eigenvalue weighted by Gasteiger charge is 2.22. The molecule has 2 aliphatic heterocycles. The Morgan fingerprint density at radius 3 is 2.28 bits per heavy atom. The Balaban J connectivity index is 0.000000340. The standard InChI is InChI=1S/C24H26FN3.C13H18FN.C2H6.C2H2/c1-6-28-15-19(14-27-16(2)3)13-23(18(28)5)21-10-9-20(12-17(21)4)22-8-7-11-26-24(22)25;1-10-3-4-12(13(14)9-10)11-5-7-15(2)8-6-11;2*1-2/h7-14H,5-6,15H2,1-4H3;3-4,9,11H,5-8H2,1-2H3;1-2H3;1-2H/b19-14-;;;. The predicted molar refractivity (Wildman–Crippen MR) is 197 cm³/mol. The van der Waals surface area contributed by atoms with Crippen LogP contribution in [0.1, 0.15) is 75.6 Å². The van der Waals surface area contributed by atoms with Gasteiger partial charge in [-0.15, -0.1) is 12.8 Å². The number of benzene rings is 2. The van der Waals surface area contributed by atoms with E-state index in [-0.39, 0.29) is 5.82 Å². The summed E-state index contributed by atoms with van der Waals surface area (Å²) in [6.07, 6.45) is 15.7. The minimum Gasteiger partial charge on any atom is -0.367 e. The summed E-state index contributed by atoms with van der Waals surface area (Å²) in [4.78, 5) is 12.8. The minimum absolute atomic E-state index is 0.0236. The van der Waals surface area contributed by atoms with Crippen molar-refractivity contribution in [1.82, 2.24) is 14.8 Å². The van der Waals surface area contributed by atoms with Crippen LogP contribution in [0.5, 0.6) is 0 Å². The topological polar surface area (TPSA) is 31.7 Å². The van der Waals surface area contributed by atoms with Crippen molar-refractivity contribution in [3.63, 3.8) is 0 Å². The monoisotopic (exact) mass is 638 g/mol. The number of nitrogens with zero attached hydrogens (tertiary/aromatic N) is 4. The first-order valence-electron chi connectivity index (χ1n) is 16.4. The van der Waals surface area contributed by atoms with Gasteiger partial charge < -0.3 is 9.80 Å². The number of aromatic nitrogens is 1. The molecule has 0 radical (unpaired) electrons. The quantitative estimate of drug-likeness (QED) is 0.158. The number of pyridine rings is 1. The molecule has 250 valence electrons. The van der Waals surface area contributed by atoms with Gasteiger partial charge in [-0.05, 0) is 131 Å². The smallest absolute Gasteiger partial charge is 0.220 e. The van der Waals surface area contributed by atoms with Crippen LogP contribution in [0.4, 0.5) is 8.78 Å². The molecular formula is C41H52F2N4. The number of aliphatic imine (C=N–C) groups is 1. The summed E-state index contributed by atoms with van der Waals surface area (Å²) in [6.45, 7) is 22.2. The van der Waals surface area contributed by atoms with E-state index in [1.807, 2.05) is 78.1 Å². The highest BCUT2D eigenvalue weighted by Crippen LogP contribution is 2.35. The molecule has 2 aromatic carbocycles. The average Bonchev–Trinajstić information content (AvgIpc) is 3.07. The van der Waals surface area contributed by atoms with E-state index in [1.54, 1.807) is 18.2 Å². The van der Waals surface area contributed by atoms with Crippen LogP contribution in [0.25, 0.3) is 16.7 Å². The molecule has 0 amide bonds. The van der Waals surface area contributed by atoms with E-state index in [9.17, 15) is 8.78 Å². The molecule has 2 aliphatic rings. The molecule has 1 aromatic heterocycles. The molecule has 1 fully saturated rings. The summed E-state index contributed by atoms with van der Waals surface area (Å²) < 4.78 is 27.8. The fourth-order valence-corrected chi connectivity index (χ4v) is 5.64. The molecule has 47 heavy (non-hydrogen) atoms. The molecule has 5 rings (SSSR count). The zero-order chi connectivity index (χ0) is 35.1. The molecule has 0 N–H and O–H groups in total. The van der Waals surface area contributed by atoms with Crippen molar-refractivity contribution in [3.05, 3.63) is 119 Å². The number of terminal acetylenes is 1. The molecule has 0 bridgehead atoms. The maximum absolute atomic E-state index is 14.1. The van der Waals surface area contributed by atoms with E-state index in [0.717, 1.165) is 89.4 Å². The van der Waals surface area contributed by atoms with Gasteiger partial charge in [0.2, 0.25) is 5.95 Å². The third-order valence-electron chi connectivity index (χ3n) is 8.17. The highest BCUT2D eigenvalue weighted by molar-refractivity contribution is 5.84. The summed E-state index contributed by atoms with van der Waals surface area (Å²) in [5.41, 5.74) is 9.67. The molecule has 0 spiro atoms. The second kappa shape index (κ2) is 19.4. The van der Waals surface area contributed by atoms with Gasteiger partial charge in [-0.3, -0.25) is 4.99 Å². The number of hydrogen-bond acceptors (Lipinski definition) is 4. The summed E-state index contributed by atoms with van der Waals surface area (Å²) in [6, 6.07) is 15.1.